The predicted octanol–water partition coefficient (Wildman–Crippen LogP) is 3.25. The highest BCUT2D eigenvalue weighted by Gasteiger charge is 2.22. The van der Waals surface area contributed by atoms with E-state index in [1.54, 1.807) is 0 Å². The van der Waals surface area contributed by atoms with Gasteiger partial charge in [0.1, 0.15) is 0 Å². The summed E-state index contributed by atoms with van der Waals surface area (Å²) in [5.74, 6) is 0. The van der Waals surface area contributed by atoms with E-state index >= 15 is 0 Å². The smallest absolute Gasteiger partial charge is 0.0741 e. The third-order valence-electron chi connectivity index (χ3n) is 4.08. The van der Waals surface area contributed by atoms with Gasteiger partial charge in [0.05, 0.1) is 12.1 Å². The molecule has 0 heterocycles. The second-order valence-electron chi connectivity index (χ2n) is 5.32. The fourth-order valence-electron chi connectivity index (χ4n) is 2.85. The number of nitrogens with one attached hydrogen (secondary N) is 1. The summed E-state index contributed by atoms with van der Waals surface area (Å²) < 4.78 is 0. The van der Waals surface area contributed by atoms with Crippen LogP contribution in [-0.4, -0.2) is 30.3 Å². The van der Waals surface area contributed by atoms with E-state index in [-0.39, 0.29) is 12.1 Å². The van der Waals surface area contributed by atoms with E-state index in [2.05, 4.69) is 48.3 Å². The number of nitrogens with zero attached hydrogens (tertiary/aromatic N) is 1. The molecule has 0 spiro atoms. The molecule has 1 aromatic carbocycles. The average molecular weight is 262 g/mol. The van der Waals surface area contributed by atoms with Crippen molar-refractivity contribution < 1.29 is 5.11 Å². The monoisotopic (exact) mass is 262 g/mol. The summed E-state index contributed by atoms with van der Waals surface area (Å²) >= 11 is 0. The number of benzene rings is 1. The molecule has 3 heteroatoms. The van der Waals surface area contributed by atoms with Gasteiger partial charge in [-0.1, -0.05) is 12.8 Å². The van der Waals surface area contributed by atoms with E-state index in [1.807, 2.05) is 0 Å². The molecular formula is C16H26N2O. The van der Waals surface area contributed by atoms with Crippen molar-refractivity contribution in [3.8, 4) is 0 Å². The Labute approximate surface area is 116 Å². The van der Waals surface area contributed by atoms with Gasteiger partial charge in [-0.25, -0.2) is 0 Å². The molecule has 0 bridgehead atoms. The molecule has 0 aliphatic heterocycles. The Morgan fingerprint density at radius 1 is 1.11 bits per heavy atom. The van der Waals surface area contributed by atoms with Crippen molar-refractivity contribution >= 4 is 11.4 Å². The fraction of sp³-hybridized carbons (Fsp3) is 0.625. The maximum absolute atomic E-state index is 9.98. The third-order valence-corrected chi connectivity index (χ3v) is 4.08. The van der Waals surface area contributed by atoms with Crippen molar-refractivity contribution in [2.45, 2.75) is 51.7 Å². The van der Waals surface area contributed by atoms with Gasteiger partial charge in [0, 0.05) is 24.5 Å². The summed E-state index contributed by atoms with van der Waals surface area (Å²) in [5, 5.41) is 13.4. The molecule has 1 aromatic rings. The van der Waals surface area contributed by atoms with Crippen molar-refractivity contribution in [1.29, 1.82) is 0 Å². The predicted molar refractivity (Wildman–Crippen MR) is 81.9 cm³/mol. The zero-order chi connectivity index (χ0) is 13.7. The number of hydrogen-bond acceptors (Lipinski definition) is 3. The molecule has 1 aliphatic carbocycles. The molecule has 2 atom stereocenters. The average Bonchev–Trinajstić information content (AvgIpc) is 2.44. The highest BCUT2D eigenvalue weighted by atomic mass is 16.3. The molecule has 2 rings (SSSR count). The van der Waals surface area contributed by atoms with E-state index in [9.17, 15) is 5.11 Å². The lowest BCUT2D eigenvalue weighted by atomic mass is 9.92. The number of rotatable bonds is 5. The molecule has 19 heavy (non-hydrogen) atoms. The Morgan fingerprint density at radius 3 is 2.32 bits per heavy atom. The lowest BCUT2D eigenvalue weighted by Crippen LogP contribution is -2.36. The molecule has 2 N–H and O–H groups in total. The molecule has 0 saturated heterocycles. The second-order valence-corrected chi connectivity index (χ2v) is 5.32. The largest absolute Gasteiger partial charge is 0.391 e. The van der Waals surface area contributed by atoms with Crippen LogP contribution in [0.3, 0.4) is 0 Å². The fourth-order valence-corrected chi connectivity index (χ4v) is 2.85. The molecule has 0 amide bonds. The van der Waals surface area contributed by atoms with E-state index in [0.29, 0.717) is 0 Å². The molecule has 0 unspecified atom stereocenters. The van der Waals surface area contributed by atoms with Crippen LogP contribution >= 0.6 is 0 Å². The lowest BCUT2D eigenvalue weighted by molar-refractivity contribution is 0.116. The van der Waals surface area contributed by atoms with Crippen LogP contribution in [0.5, 0.6) is 0 Å². The van der Waals surface area contributed by atoms with E-state index in [1.165, 1.54) is 12.1 Å². The van der Waals surface area contributed by atoms with Crippen molar-refractivity contribution in [2.24, 2.45) is 0 Å². The zero-order valence-corrected chi connectivity index (χ0v) is 12.1. The summed E-state index contributed by atoms with van der Waals surface area (Å²) in [6.45, 7) is 6.41. The number of anilines is 2. The van der Waals surface area contributed by atoms with Crippen LogP contribution < -0.4 is 10.2 Å². The Bertz CT molecular complexity index is 373. The maximum atomic E-state index is 9.98. The van der Waals surface area contributed by atoms with Gasteiger partial charge in [-0.15, -0.1) is 0 Å². The SMILES string of the molecule is CCN(CC)c1ccc(N[C@H]2CCCC[C@@H]2O)cc1. The van der Waals surface area contributed by atoms with Crippen LogP contribution in [0.1, 0.15) is 39.5 Å². The van der Waals surface area contributed by atoms with Gasteiger partial charge in [0.15, 0.2) is 0 Å². The van der Waals surface area contributed by atoms with Crippen molar-refractivity contribution in [3.63, 3.8) is 0 Å². The summed E-state index contributed by atoms with van der Waals surface area (Å²) in [5.41, 5.74) is 2.38. The molecular weight excluding hydrogens is 236 g/mol. The van der Waals surface area contributed by atoms with Crippen molar-refractivity contribution in [1.82, 2.24) is 0 Å². The minimum atomic E-state index is -0.198. The van der Waals surface area contributed by atoms with E-state index in [4.69, 9.17) is 0 Å². The highest BCUT2D eigenvalue weighted by Crippen LogP contribution is 2.24. The third kappa shape index (κ3) is 3.63. The maximum Gasteiger partial charge on any atom is 0.0741 e. The van der Waals surface area contributed by atoms with Gasteiger partial charge < -0.3 is 15.3 Å². The Kier molecular flexibility index (Phi) is 5.08. The second kappa shape index (κ2) is 6.80. The Morgan fingerprint density at radius 2 is 1.74 bits per heavy atom. The first kappa shape index (κ1) is 14.2. The van der Waals surface area contributed by atoms with Crippen molar-refractivity contribution in [2.75, 3.05) is 23.3 Å². The first-order chi connectivity index (χ1) is 9.24. The van der Waals surface area contributed by atoms with Gasteiger partial charge in [-0.2, -0.15) is 0 Å². The standard InChI is InChI=1S/C16H26N2O/c1-3-18(4-2)14-11-9-13(10-12-14)17-15-7-5-6-8-16(15)19/h9-12,15-17,19H,3-8H2,1-2H3/t15-,16-/m0/s1. The van der Waals surface area contributed by atoms with Gasteiger partial charge >= 0.3 is 0 Å². The van der Waals surface area contributed by atoms with Crippen LogP contribution in [0.25, 0.3) is 0 Å². The van der Waals surface area contributed by atoms with E-state index < -0.39 is 0 Å². The Balaban J connectivity index is 1.98. The molecule has 0 aromatic heterocycles. The highest BCUT2D eigenvalue weighted by molar-refractivity contribution is 5.55. The van der Waals surface area contributed by atoms with Crippen LogP contribution in [0.4, 0.5) is 11.4 Å². The summed E-state index contributed by atoms with van der Waals surface area (Å²) in [6, 6.07) is 8.77. The minimum absolute atomic E-state index is 0.198. The summed E-state index contributed by atoms with van der Waals surface area (Å²) in [7, 11) is 0. The zero-order valence-electron chi connectivity index (χ0n) is 12.1. The van der Waals surface area contributed by atoms with Gasteiger partial charge in [-0.05, 0) is 51.0 Å². The number of aliphatic hydroxyl groups is 1. The summed E-state index contributed by atoms with van der Waals surface area (Å²) in [6.07, 6.45) is 4.16. The molecule has 0 radical (unpaired) electrons. The van der Waals surface area contributed by atoms with E-state index in [0.717, 1.165) is 38.0 Å². The first-order valence-electron chi connectivity index (χ1n) is 7.54. The quantitative estimate of drug-likeness (QED) is 0.855. The molecule has 1 saturated carbocycles. The Hall–Kier alpha value is -1.22. The van der Waals surface area contributed by atoms with Gasteiger partial charge in [0.25, 0.3) is 0 Å². The molecule has 3 nitrogen and oxygen atoms in total. The summed E-state index contributed by atoms with van der Waals surface area (Å²) in [4.78, 5) is 2.33. The number of aliphatic hydroxyl groups excluding tert-OH is 1. The topological polar surface area (TPSA) is 35.5 Å². The van der Waals surface area contributed by atoms with Gasteiger partial charge in [0.2, 0.25) is 0 Å². The first-order valence-corrected chi connectivity index (χ1v) is 7.54. The van der Waals surface area contributed by atoms with Crippen LogP contribution in [-0.2, 0) is 0 Å². The van der Waals surface area contributed by atoms with Crippen molar-refractivity contribution in [3.05, 3.63) is 24.3 Å². The number of hydrogen-bond donors (Lipinski definition) is 2. The van der Waals surface area contributed by atoms with Crippen LogP contribution in [0, 0.1) is 0 Å². The minimum Gasteiger partial charge on any atom is -0.391 e. The normalized spacial score (nSPS) is 23.1. The molecule has 1 fully saturated rings. The molecule has 106 valence electrons. The van der Waals surface area contributed by atoms with Crippen LogP contribution in [0.2, 0.25) is 0 Å². The molecule has 1 aliphatic rings. The lowest BCUT2D eigenvalue weighted by Gasteiger charge is -2.29. The van der Waals surface area contributed by atoms with Crippen LogP contribution in [0.15, 0.2) is 24.3 Å². The van der Waals surface area contributed by atoms with Gasteiger partial charge in [-0.3, -0.25) is 0 Å².